The summed E-state index contributed by atoms with van der Waals surface area (Å²) in [7, 11) is -4.14. The molecule has 0 saturated heterocycles. The van der Waals surface area contributed by atoms with Gasteiger partial charge in [0.25, 0.3) is 21.8 Å². The van der Waals surface area contributed by atoms with Crippen molar-refractivity contribution in [3.63, 3.8) is 0 Å². The standard InChI is InChI=1S/C27H29N3O7S/c1-4-36-22-10-7-20(8-11-22)25(31)28-16-15-19-5-12-23(13-6-19)38(34,35)30-26(32)21-9-14-24(29-17-21)27(33)37-18(2)3/h5-14,17-18H,4,15-16H2,1-3H3,(H,28,31)(H,30,32). The molecule has 200 valence electrons. The van der Waals surface area contributed by atoms with Crippen LogP contribution in [0.2, 0.25) is 0 Å². The Labute approximate surface area is 221 Å². The lowest BCUT2D eigenvalue weighted by atomic mass is 10.1. The molecule has 0 fully saturated rings. The van der Waals surface area contributed by atoms with Crippen molar-refractivity contribution in [2.24, 2.45) is 0 Å². The molecule has 0 radical (unpaired) electrons. The summed E-state index contributed by atoms with van der Waals surface area (Å²) in [6.45, 7) is 6.16. The first kappa shape index (κ1) is 28.3. The number of ether oxygens (including phenoxy) is 2. The van der Waals surface area contributed by atoms with Gasteiger partial charge in [0.15, 0.2) is 0 Å². The van der Waals surface area contributed by atoms with E-state index in [1.54, 1.807) is 50.2 Å². The minimum Gasteiger partial charge on any atom is -0.494 e. The van der Waals surface area contributed by atoms with Gasteiger partial charge in [-0.1, -0.05) is 12.1 Å². The summed E-state index contributed by atoms with van der Waals surface area (Å²) in [5, 5.41) is 2.82. The lowest BCUT2D eigenvalue weighted by Crippen LogP contribution is -2.30. The molecule has 2 N–H and O–H groups in total. The first-order chi connectivity index (χ1) is 18.1. The van der Waals surface area contributed by atoms with Crippen molar-refractivity contribution in [1.82, 2.24) is 15.0 Å². The van der Waals surface area contributed by atoms with Gasteiger partial charge in [0.2, 0.25) is 0 Å². The lowest BCUT2D eigenvalue weighted by molar-refractivity contribution is 0.0370. The number of hydrogen-bond acceptors (Lipinski definition) is 8. The molecule has 0 aliphatic carbocycles. The van der Waals surface area contributed by atoms with E-state index in [9.17, 15) is 22.8 Å². The summed E-state index contributed by atoms with van der Waals surface area (Å²) in [6.07, 6.45) is 1.26. The second-order valence-corrected chi connectivity index (χ2v) is 10.1. The fourth-order valence-corrected chi connectivity index (χ4v) is 4.26. The second-order valence-electron chi connectivity index (χ2n) is 8.43. The third kappa shape index (κ3) is 7.87. The van der Waals surface area contributed by atoms with Crippen LogP contribution in [0.1, 0.15) is 57.5 Å². The number of esters is 1. The molecule has 38 heavy (non-hydrogen) atoms. The van der Waals surface area contributed by atoms with E-state index >= 15 is 0 Å². The van der Waals surface area contributed by atoms with Gasteiger partial charge < -0.3 is 14.8 Å². The number of rotatable bonds is 11. The fourth-order valence-electron chi connectivity index (χ4n) is 3.29. The molecule has 0 aliphatic rings. The Hall–Kier alpha value is -4.25. The maximum absolute atomic E-state index is 12.7. The van der Waals surface area contributed by atoms with E-state index in [2.05, 4.69) is 10.3 Å². The molecule has 1 aromatic heterocycles. The number of sulfonamides is 1. The normalized spacial score (nSPS) is 11.1. The summed E-state index contributed by atoms with van der Waals surface area (Å²) in [4.78, 5) is 40.4. The maximum atomic E-state index is 12.7. The molecular formula is C27H29N3O7S. The number of carbonyl (C=O) groups is 3. The Kier molecular flexibility index (Phi) is 9.55. The van der Waals surface area contributed by atoms with E-state index in [-0.39, 0.29) is 28.2 Å². The number of benzene rings is 2. The minimum absolute atomic E-state index is 0.00404. The number of nitrogens with zero attached hydrogens (tertiary/aromatic N) is 1. The van der Waals surface area contributed by atoms with E-state index in [0.717, 1.165) is 11.8 Å². The summed E-state index contributed by atoms with van der Waals surface area (Å²) in [5.74, 6) is -1.07. The zero-order chi connectivity index (χ0) is 27.7. The molecule has 0 spiro atoms. The number of amides is 2. The van der Waals surface area contributed by atoms with E-state index in [0.29, 0.717) is 30.9 Å². The highest BCUT2D eigenvalue weighted by atomic mass is 32.2. The van der Waals surface area contributed by atoms with Crippen molar-refractivity contribution in [2.75, 3.05) is 13.2 Å². The summed E-state index contributed by atoms with van der Waals surface area (Å²) >= 11 is 0. The zero-order valence-corrected chi connectivity index (χ0v) is 22.1. The molecular weight excluding hydrogens is 510 g/mol. The SMILES string of the molecule is CCOc1ccc(C(=O)NCCc2ccc(S(=O)(=O)NC(=O)c3ccc(C(=O)OC(C)C)nc3)cc2)cc1. The smallest absolute Gasteiger partial charge is 0.357 e. The van der Waals surface area contributed by atoms with Crippen LogP contribution in [0, 0.1) is 0 Å². The third-order valence-electron chi connectivity index (χ3n) is 5.17. The Morgan fingerprint density at radius 1 is 0.895 bits per heavy atom. The molecule has 3 rings (SSSR count). The first-order valence-corrected chi connectivity index (χ1v) is 13.4. The number of nitrogens with one attached hydrogen (secondary N) is 2. The predicted octanol–water partition coefficient (Wildman–Crippen LogP) is 3.14. The van der Waals surface area contributed by atoms with Crippen LogP contribution in [0.3, 0.4) is 0 Å². The highest BCUT2D eigenvalue weighted by molar-refractivity contribution is 7.90. The Morgan fingerprint density at radius 3 is 2.13 bits per heavy atom. The molecule has 0 bridgehead atoms. The molecule has 11 heteroatoms. The zero-order valence-electron chi connectivity index (χ0n) is 21.3. The van der Waals surface area contributed by atoms with Crippen molar-refractivity contribution >= 4 is 27.8 Å². The van der Waals surface area contributed by atoms with Crippen molar-refractivity contribution in [3.8, 4) is 5.75 Å². The average molecular weight is 540 g/mol. The second kappa shape index (κ2) is 12.8. The van der Waals surface area contributed by atoms with Gasteiger partial charge in [0.1, 0.15) is 11.4 Å². The summed E-state index contributed by atoms with van der Waals surface area (Å²) < 4.78 is 37.7. The van der Waals surface area contributed by atoms with Gasteiger partial charge in [0, 0.05) is 18.3 Å². The molecule has 1 heterocycles. The van der Waals surface area contributed by atoms with Crippen LogP contribution >= 0.6 is 0 Å². The molecule has 3 aromatic rings. The van der Waals surface area contributed by atoms with E-state index in [4.69, 9.17) is 9.47 Å². The molecule has 0 aliphatic heterocycles. The summed E-state index contributed by atoms with van der Waals surface area (Å²) in [5.41, 5.74) is 1.28. The van der Waals surface area contributed by atoms with Gasteiger partial charge in [-0.15, -0.1) is 0 Å². The van der Waals surface area contributed by atoms with Gasteiger partial charge in [-0.25, -0.2) is 22.9 Å². The van der Waals surface area contributed by atoms with Crippen LogP contribution in [0.4, 0.5) is 0 Å². The quantitative estimate of drug-likeness (QED) is 0.354. The molecule has 0 saturated carbocycles. The molecule has 0 unspecified atom stereocenters. The van der Waals surface area contributed by atoms with Crippen molar-refractivity contribution in [3.05, 3.63) is 89.2 Å². The molecule has 2 amide bonds. The van der Waals surface area contributed by atoms with Gasteiger partial charge in [0.05, 0.1) is 23.2 Å². The topological polar surface area (TPSA) is 141 Å². The summed E-state index contributed by atoms with van der Waals surface area (Å²) in [6, 6.07) is 15.4. The Balaban J connectivity index is 1.53. The highest BCUT2D eigenvalue weighted by Gasteiger charge is 2.20. The van der Waals surface area contributed by atoms with Crippen molar-refractivity contribution < 1.29 is 32.3 Å². The van der Waals surface area contributed by atoms with Crippen LogP contribution < -0.4 is 14.8 Å². The monoisotopic (exact) mass is 539 g/mol. The molecule has 2 aromatic carbocycles. The number of pyridine rings is 1. The fraction of sp³-hybridized carbons (Fsp3) is 0.259. The predicted molar refractivity (Wildman–Crippen MR) is 140 cm³/mol. The largest absolute Gasteiger partial charge is 0.494 e. The highest BCUT2D eigenvalue weighted by Crippen LogP contribution is 2.14. The Bertz CT molecular complexity index is 1370. The van der Waals surface area contributed by atoms with Gasteiger partial charge in [-0.3, -0.25) is 9.59 Å². The number of hydrogen-bond donors (Lipinski definition) is 2. The average Bonchev–Trinajstić information content (AvgIpc) is 2.89. The number of carbonyl (C=O) groups excluding carboxylic acids is 3. The van der Waals surface area contributed by atoms with Crippen molar-refractivity contribution in [1.29, 1.82) is 0 Å². The van der Waals surface area contributed by atoms with E-state index in [1.165, 1.54) is 24.3 Å². The van der Waals surface area contributed by atoms with Gasteiger partial charge >= 0.3 is 5.97 Å². The molecule has 0 atom stereocenters. The molecule has 10 nitrogen and oxygen atoms in total. The Morgan fingerprint density at radius 2 is 1.55 bits per heavy atom. The van der Waals surface area contributed by atoms with Gasteiger partial charge in [-0.05, 0) is 81.3 Å². The van der Waals surface area contributed by atoms with E-state index in [1.807, 2.05) is 11.6 Å². The lowest BCUT2D eigenvalue weighted by Gasteiger charge is -2.10. The van der Waals surface area contributed by atoms with Gasteiger partial charge in [-0.2, -0.15) is 0 Å². The van der Waals surface area contributed by atoms with Crippen LogP contribution in [-0.2, 0) is 21.2 Å². The van der Waals surface area contributed by atoms with Crippen LogP contribution in [0.5, 0.6) is 5.75 Å². The van der Waals surface area contributed by atoms with Crippen LogP contribution in [-0.4, -0.2) is 50.4 Å². The maximum Gasteiger partial charge on any atom is 0.357 e. The third-order valence-corrected chi connectivity index (χ3v) is 6.51. The van der Waals surface area contributed by atoms with E-state index < -0.39 is 21.9 Å². The number of aromatic nitrogens is 1. The van der Waals surface area contributed by atoms with Crippen LogP contribution in [0.25, 0.3) is 0 Å². The minimum atomic E-state index is -4.14. The first-order valence-electron chi connectivity index (χ1n) is 11.9. The van der Waals surface area contributed by atoms with Crippen LogP contribution in [0.15, 0.2) is 71.8 Å². The van der Waals surface area contributed by atoms with Crippen molar-refractivity contribution in [2.45, 2.75) is 38.2 Å².